The number of nitrogens with one attached hydrogen (secondary N) is 1. The maximum atomic E-state index is 5.12. The molecule has 0 spiro atoms. The highest BCUT2D eigenvalue weighted by atomic mass is 35.5. The first kappa shape index (κ1) is 12.3. The highest BCUT2D eigenvalue weighted by Gasteiger charge is 2.16. The Morgan fingerprint density at radius 3 is 2.73 bits per heavy atom. The van der Waals surface area contributed by atoms with Crippen molar-refractivity contribution in [2.45, 2.75) is 18.8 Å². The van der Waals surface area contributed by atoms with Gasteiger partial charge in [-0.1, -0.05) is 6.07 Å². The Hall–Kier alpha value is -0.800. The van der Waals surface area contributed by atoms with Crippen LogP contribution in [0.1, 0.15) is 24.5 Å². The molecule has 1 aromatic heterocycles. The first-order valence-electron chi connectivity index (χ1n) is 5.12. The van der Waals surface area contributed by atoms with Gasteiger partial charge in [0.1, 0.15) is 0 Å². The largest absolute Gasteiger partial charge is 0.481 e. The number of piperidine rings is 1. The molecule has 1 saturated heterocycles. The van der Waals surface area contributed by atoms with Crippen LogP contribution in [-0.2, 0) is 0 Å². The summed E-state index contributed by atoms with van der Waals surface area (Å²) in [5, 5.41) is 3.35. The van der Waals surface area contributed by atoms with Gasteiger partial charge in [0.15, 0.2) is 0 Å². The first-order chi connectivity index (χ1) is 6.90. The molecule has 0 atom stereocenters. The van der Waals surface area contributed by atoms with Crippen LogP contribution in [0.25, 0.3) is 0 Å². The van der Waals surface area contributed by atoms with Crippen LogP contribution in [0, 0.1) is 0 Å². The Kier molecular flexibility index (Phi) is 4.85. The van der Waals surface area contributed by atoms with Crippen molar-refractivity contribution in [1.82, 2.24) is 10.3 Å². The van der Waals surface area contributed by atoms with Crippen molar-refractivity contribution in [2.75, 3.05) is 20.2 Å². The van der Waals surface area contributed by atoms with Gasteiger partial charge in [-0.05, 0) is 32.0 Å². The Morgan fingerprint density at radius 1 is 1.33 bits per heavy atom. The third-order valence-corrected chi connectivity index (χ3v) is 2.71. The number of hydrogen-bond donors (Lipinski definition) is 1. The van der Waals surface area contributed by atoms with E-state index >= 15 is 0 Å². The summed E-state index contributed by atoms with van der Waals surface area (Å²) in [6.45, 7) is 2.20. The van der Waals surface area contributed by atoms with Crippen LogP contribution in [0.5, 0.6) is 5.88 Å². The molecular weight excluding hydrogens is 212 g/mol. The van der Waals surface area contributed by atoms with Gasteiger partial charge in [0.2, 0.25) is 5.88 Å². The quantitative estimate of drug-likeness (QED) is 0.841. The van der Waals surface area contributed by atoms with Gasteiger partial charge in [-0.25, -0.2) is 4.98 Å². The Morgan fingerprint density at radius 2 is 2.07 bits per heavy atom. The van der Waals surface area contributed by atoms with Crippen molar-refractivity contribution in [3.63, 3.8) is 0 Å². The molecule has 0 aliphatic carbocycles. The zero-order valence-corrected chi connectivity index (χ0v) is 9.72. The fourth-order valence-electron chi connectivity index (χ4n) is 1.89. The molecule has 0 radical (unpaired) electrons. The van der Waals surface area contributed by atoms with E-state index in [4.69, 9.17) is 4.74 Å². The van der Waals surface area contributed by atoms with Crippen molar-refractivity contribution in [3.05, 3.63) is 23.9 Å². The minimum atomic E-state index is 0. The van der Waals surface area contributed by atoms with Crippen LogP contribution in [-0.4, -0.2) is 25.2 Å². The lowest BCUT2D eigenvalue weighted by Crippen LogP contribution is -2.27. The number of ether oxygens (including phenoxy) is 1. The number of rotatable bonds is 2. The van der Waals surface area contributed by atoms with Crippen LogP contribution in [0.2, 0.25) is 0 Å². The molecule has 0 bridgehead atoms. The number of hydrogen-bond acceptors (Lipinski definition) is 3. The summed E-state index contributed by atoms with van der Waals surface area (Å²) < 4.78 is 5.12. The van der Waals surface area contributed by atoms with Gasteiger partial charge >= 0.3 is 0 Å². The molecule has 1 N–H and O–H groups in total. The molecule has 84 valence electrons. The lowest BCUT2D eigenvalue weighted by Gasteiger charge is -2.22. The summed E-state index contributed by atoms with van der Waals surface area (Å²) in [5.41, 5.74) is 1.17. The fourth-order valence-corrected chi connectivity index (χ4v) is 1.89. The highest BCUT2D eigenvalue weighted by Crippen LogP contribution is 2.24. The van der Waals surface area contributed by atoms with E-state index in [1.54, 1.807) is 7.11 Å². The second-order valence-electron chi connectivity index (χ2n) is 3.63. The van der Waals surface area contributed by atoms with Crippen LogP contribution >= 0.6 is 12.4 Å². The van der Waals surface area contributed by atoms with E-state index in [1.165, 1.54) is 18.5 Å². The maximum Gasteiger partial charge on any atom is 0.213 e. The van der Waals surface area contributed by atoms with Gasteiger partial charge in [-0.15, -0.1) is 12.4 Å². The van der Waals surface area contributed by atoms with E-state index in [0.29, 0.717) is 5.92 Å². The number of aromatic nitrogens is 1. The molecule has 2 rings (SSSR count). The minimum Gasteiger partial charge on any atom is -0.481 e. The van der Waals surface area contributed by atoms with Gasteiger partial charge in [0.25, 0.3) is 0 Å². The molecule has 15 heavy (non-hydrogen) atoms. The van der Waals surface area contributed by atoms with Crippen LogP contribution in [0.15, 0.2) is 18.2 Å². The maximum absolute atomic E-state index is 5.12. The van der Waals surface area contributed by atoms with Gasteiger partial charge < -0.3 is 10.1 Å². The molecule has 1 aromatic rings. The monoisotopic (exact) mass is 228 g/mol. The van der Waals surface area contributed by atoms with Crippen molar-refractivity contribution in [1.29, 1.82) is 0 Å². The van der Waals surface area contributed by atoms with Crippen LogP contribution in [0.4, 0.5) is 0 Å². The molecule has 4 heteroatoms. The summed E-state index contributed by atoms with van der Waals surface area (Å²) in [5.74, 6) is 1.33. The summed E-state index contributed by atoms with van der Waals surface area (Å²) in [4.78, 5) is 4.46. The summed E-state index contributed by atoms with van der Waals surface area (Å²) in [7, 11) is 1.66. The normalized spacial score (nSPS) is 16.9. The van der Waals surface area contributed by atoms with E-state index in [2.05, 4.69) is 16.4 Å². The molecule has 0 saturated carbocycles. The Bertz CT molecular complexity index is 300. The van der Waals surface area contributed by atoms with E-state index in [9.17, 15) is 0 Å². The Balaban J connectivity index is 0.00000112. The summed E-state index contributed by atoms with van der Waals surface area (Å²) in [6.07, 6.45) is 2.36. The Labute approximate surface area is 96.7 Å². The van der Waals surface area contributed by atoms with E-state index in [-0.39, 0.29) is 12.4 Å². The highest BCUT2D eigenvalue weighted by molar-refractivity contribution is 5.85. The van der Waals surface area contributed by atoms with Crippen molar-refractivity contribution < 1.29 is 4.74 Å². The predicted molar refractivity (Wildman–Crippen MR) is 62.9 cm³/mol. The van der Waals surface area contributed by atoms with Crippen LogP contribution in [0.3, 0.4) is 0 Å². The molecule has 3 nitrogen and oxygen atoms in total. The van der Waals surface area contributed by atoms with Gasteiger partial charge in [-0.2, -0.15) is 0 Å². The summed E-state index contributed by atoms with van der Waals surface area (Å²) >= 11 is 0. The number of methoxy groups -OCH3 is 1. The van der Waals surface area contributed by atoms with Gasteiger partial charge in [0, 0.05) is 17.7 Å². The molecule has 0 amide bonds. The standard InChI is InChI=1S/C11H16N2O.ClH/c1-14-11-4-2-3-10(13-11)9-5-7-12-8-6-9;/h2-4,9,12H,5-8H2,1H3;1H. The lowest BCUT2D eigenvalue weighted by atomic mass is 9.94. The number of nitrogens with zero attached hydrogens (tertiary/aromatic N) is 1. The van der Waals surface area contributed by atoms with E-state index < -0.39 is 0 Å². The molecule has 0 unspecified atom stereocenters. The van der Waals surface area contributed by atoms with E-state index in [0.717, 1.165) is 19.0 Å². The average Bonchev–Trinajstić information content (AvgIpc) is 2.30. The van der Waals surface area contributed by atoms with E-state index in [1.807, 2.05) is 12.1 Å². The van der Waals surface area contributed by atoms with Crippen molar-refractivity contribution in [3.8, 4) is 5.88 Å². The van der Waals surface area contributed by atoms with Gasteiger partial charge in [0.05, 0.1) is 7.11 Å². The molecule has 2 heterocycles. The lowest BCUT2D eigenvalue weighted by molar-refractivity contribution is 0.389. The second-order valence-corrected chi connectivity index (χ2v) is 3.63. The fraction of sp³-hybridized carbons (Fsp3) is 0.545. The zero-order chi connectivity index (χ0) is 9.80. The van der Waals surface area contributed by atoms with Gasteiger partial charge in [-0.3, -0.25) is 0 Å². The topological polar surface area (TPSA) is 34.1 Å². The smallest absolute Gasteiger partial charge is 0.213 e. The number of pyridine rings is 1. The zero-order valence-electron chi connectivity index (χ0n) is 8.90. The molecule has 0 aromatic carbocycles. The van der Waals surface area contributed by atoms with Crippen molar-refractivity contribution in [2.24, 2.45) is 0 Å². The average molecular weight is 229 g/mol. The molecular formula is C11H17ClN2O. The minimum absolute atomic E-state index is 0. The molecule has 1 aliphatic rings. The predicted octanol–water partition coefficient (Wildman–Crippen LogP) is 1.98. The second kappa shape index (κ2) is 5.93. The third kappa shape index (κ3) is 3.08. The SMILES string of the molecule is COc1cccc(C2CCNCC2)n1.Cl. The summed E-state index contributed by atoms with van der Waals surface area (Å²) in [6, 6.07) is 6.01. The van der Waals surface area contributed by atoms with Crippen molar-refractivity contribution >= 4 is 12.4 Å². The molecule has 1 fully saturated rings. The first-order valence-corrected chi connectivity index (χ1v) is 5.12. The number of halogens is 1. The molecule has 1 aliphatic heterocycles. The third-order valence-electron chi connectivity index (χ3n) is 2.71. The van der Waals surface area contributed by atoms with Crippen LogP contribution < -0.4 is 10.1 Å².